The first-order chi connectivity index (χ1) is 6.97. The Labute approximate surface area is 90.0 Å². The van der Waals surface area contributed by atoms with Gasteiger partial charge in [0.15, 0.2) is 0 Å². The summed E-state index contributed by atoms with van der Waals surface area (Å²) in [7, 11) is 0. The lowest BCUT2D eigenvalue weighted by Crippen LogP contribution is -2.39. The van der Waals surface area contributed by atoms with Crippen molar-refractivity contribution >= 4 is 11.9 Å². The number of ether oxygens (including phenoxy) is 1. The van der Waals surface area contributed by atoms with E-state index < -0.39 is 5.97 Å². The van der Waals surface area contributed by atoms with Crippen LogP contribution < -0.4 is 0 Å². The molecule has 0 radical (unpaired) electrons. The fraction of sp³-hybridized carbons (Fsp3) is 0.800. The van der Waals surface area contributed by atoms with Gasteiger partial charge in [-0.25, -0.2) is 0 Å². The van der Waals surface area contributed by atoms with Crippen LogP contribution in [-0.4, -0.2) is 47.7 Å². The fourth-order valence-corrected chi connectivity index (χ4v) is 1.05. The summed E-state index contributed by atoms with van der Waals surface area (Å²) in [6.45, 7) is 5.69. The van der Waals surface area contributed by atoms with Gasteiger partial charge in [-0.1, -0.05) is 6.92 Å². The van der Waals surface area contributed by atoms with Crippen LogP contribution in [0.3, 0.4) is 0 Å². The molecule has 1 N–H and O–H groups in total. The fourth-order valence-electron chi connectivity index (χ4n) is 1.05. The maximum Gasteiger partial charge on any atom is 0.323 e. The van der Waals surface area contributed by atoms with Crippen molar-refractivity contribution in [3.05, 3.63) is 0 Å². The predicted octanol–water partition coefficient (Wildman–Crippen LogP) is 0.735. The van der Waals surface area contributed by atoms with E-state index in [1.54, 1.807) is 0 Å². The average molecular weight is 217 g/mol. The Morgan fingerprint density at radius 3 is 2.40 bits per heavy atom. The third kappa shape index (κ3) is 6.90. The van der Waals surface area contributed by atoms with Crippen LogP contribution in [0.15, 0.2) is 0 Å². The highest BCUT2D eigenvalue weighted by atomic mass is 16.5. The van der Waals surface area contributed by atoms with E-state index in [1.807, 2.05) is 20.8 Å². The Hall–Kier alpha value is -1.10. The molecule has 0 unspecified atom stereocenters. The molecule has 0 fully saturated rings. The molecule has 0 spiro atoms. The molecule has 0 saturated carbocycles. The van der Waals surface area contributed by atoms with Crippen molar-refractivity contribution in [2.45, 2.75) is 33.3 Å². The van der Waals surface area contributed by atoms with Crippen LogP contribution in [0.1, 0.15) is 27.2 Å². The number of nitrogens with zero attached hydrogens (tertiary/aromatic N) is 1. The van der Waals surface area contributed by atoms with Crippen molar-refractivity contribution in [2.75, 3.05) is 19.7 Å². The molecule has 0 atom stereocenters. The topological polar surface area (TPSA) is 66.8 Å². The quantitative estimate of drug-likeness (QED) is 0.682. The van der Waals surface area contributed by atoms with Gasteiger partial charge in [0.1, 0.15) is 13.2 Å². The molecule has 88 valence electrons. The molecule has 5 heteroatoms. The van der Waals surface area contributed by atoms with Crippen molar-refractivity contribution in [3.8, 4) is 0 Å². The van der Waals surface area contributed by atoms with Gasteiger partial charge in [0.05, 0.1) is 6.10 Å². The minimum Gasteiger partial charge on any atom is -0.480 e. The molecule has 0 rings (SSSR count). The van der Waals surface area contributed by atoms with Crippen molar-refractivity contribution in [3.63, 3.8) is 0 Å². The van der Waals surface area contributed by atoms with Crippen LogP contribution in [0, 0.1) is 0 Å². The predicted molar refractivity (Wildman–Crippen MR) is 55.6 cm³/mol. The summed E-state index contributed by atoms with van der Waals surface area (Å²) in [5.74, 6) is -1.27. The second kappa shape index (κ2) is 7.23. The van der Waals surface area contributed by atoms with Gasteiger partial charge in [0, 0.05) is 6.54 Å². The minimum atomic E-state index is -0.999. The maximum absolute atomic E-state index is 11.5. The zero-order valence-corrected chi connectivity index (χ0v) is 9.52. The lowest BCUT2D eigenvalue weighted by atomic mass is 10.4. The molecule has 0 aliphatic heterocycles. The minimum absolute atomic E-state index is 0.0257. The molecule has 0 aromatic carbocycles. The molecule has 15 heavy (non-hydrogen) atoms. The van der Waals surface area contributed by atoms with Crippen molar-refractivity contribution < 1.29 is 19.4 Å². The van der Waals surface area contributed by atoms with Gasteiger partial charge >= 0.3 is 5.97 Å². The molecular weight excluding hydrogens is 198 g/mol. The van der Waals surface area contributed by atoms with Gasteiger partial charge in [0.25, 0.3) is 0 Å². The summed E-state index contributed by atoms with van der Waals surface area (Å²) in [6, 6.07) is 0. The number of rotatable bonds is 7. The third-order valence-electron chi connectivity index (χ3n) is 1.71. The Morgan fingerprint density at radius 2 is 2.00 bits per heavy atom. The molecule has 0 aliphatic carbocycles. The summed E-state index contributed by atoms with van der Waals surface area (Å²) < 4.78 is 5.13. The second-order valence-electron chi connectivity index (χ2n) is 3.57. The summed E-state index contributed by atoms with van der Waals surface area (Å²) in [6.07, 6.45) is 0.711. The number of aliphatic carboxylic acids is 1. The SMILES string of the molecule is CCCN(CC(=O)O)C(=O)COC(C)C. The molecular formula is C10H19NO4. The Bertz CT molecular complexity index is 215. The van der Waals surface area contributed by atoms with Gasteiger partial charge < -0.3 is 14.7 Å². The van der Waals surface area contributed by atoms with Gasteiger partial charge in [-0.15, -0.1) is 0 Å². The first-order valence-corrected chi connectivity index (χ1v) is 5.08. The zero-order chi connectivity index (χ0) is 11.8. The molecule has 0 heterocycles. The van der Waals surface area contributed by atoms with Crippen LogP contribution in [0.5, 0.6) is 0 Å². The summed E-state index contributed by atoms with van der Waals surface area (Å²) in [5.41, 5.74) is 0. The van der Waals surface area contributed by atoms with E-state index >= 15 is 0 Å². The first-order valence-electron chi connectivity index (χ1n) is 5.08. The molecule has 0 bridgehead atoms. The number of amides is 1. The van der Waals surface area contributed by atoms with E-state index in [-0.39, 0.29) is 25.2 Å². The highest BCUT2D eigenvalue weighted by Crippen LogP contribution is 1.96. The highest BCUT2D eigenvalue weighted by molar-refractivity contribution is 5.82. The first kappa shape index (κ1) is 13.9. The van der Waals surface area contributed by atoms with E-state index in [2.05, 4.69) is 0 Å². The Morgan fingerprint density at radius 1 is 1.40 bits per heavy atom. The summed E-state index contributed by atoms with van der Waals surface area (Å²) in [5, 5.41) is 8.60. The maximum atomic E-state index is 11.5. The van der Waals surface area contributed by atoms with E-state index in [9.17, 15) is 9.59 Å². The normalized spacial score (nSPS) is 10.4. The zero-order valence-electron chi connectivity index (χ0n) is 9.52. The molecule has 0 aromatic rings. The number of hydrogen-bond donors (Lipinski definition) is 1. The third-order valence-corrected chi connectivity index (χ3v) is 1.71. The van der Waals surface area contributed by atoms with Crippen molar-refractivity contribution in [1.29, 1.82) is 0 Å². The molecule has 5 nitrogen and oxygen atoms in total. The van der Waals surface area contributed by atoms with Crippen LogP contribution in [0.25, 0.3) is 0 Å². The molecule has 0 aliphatic rings. The average Bonchev–Trinajstić information content (AvgIpc) is 2.12. The van der Waals surface area contributed by atoms with E-state index in [4.69, 9.17) is 9.84 Å². The standard InChI is InChI=1S/C10H19NO4/c1-4-5-11(6-10(13)14)9(12)7-15-8(2)3/h8H,4-7H2,1-3H3,(H,13,14). The Kier molecular flexibility index (Phi) is 6.70. The van der Waals surface area contributed by atoms with Crippen LogP contribution >= 0.6 is 0 Å². The number of hydrogen-bond acceptors (Lipinski definition) is 3. The lowest BCUT2D eigenvalue weighted by Gasteiger charge is -2.20. The second-order valence-corrected chi connectivity index (χ2v) is 3.57. The van der Waals surface area contributed by atoms with Crippen LogP contribution in [-0.2, 0) is 14.3 Å². The van der Waals surface area contributed by atoms with Crippen LogP contribution in [0.2, 0.25) is 0 Å². The summed E-state index contributed by atoms with van der Waals surface area (Å²) >= 11 is 0. The van der Waals surface area contributed by atoms with E-state index in [0.717, 1.165) is 6.42 Å². The molecule has 0 aromatic heterocycles. The largest absolute Gasteiger partial charge is 0.480 e. The van der Waals surface area contributed by atoms with Crippen LogP contribution in [0.4, 0.5) is 0 Å². The van der Waals surface area contributed by atoms with Gasteiger partial charge in [-0.3, -0.25) is 9.59 Å². The van der Waals surface area contributed by atoms with Crippen molar-refractivity contribution in [1.82, 2.24) is 4.90 Å². The smallest absolute Gasteiger partial charge is 0.323 e. The van der Waals surface area contributed by atoms with Gasteiger partial charge in [-0.2, -0.15) is 0 Å². The van der Waals surface area contributed by atoms with Crippen molar-refractivity contribution in [2.24, 2.45) is 0 Å². The van der Waals surface area contributed by atoms with E-state index in [1.165, 1.54) is 4.90 Å². The number of carbonyl (C=O) groups is 2. The number of carbonyl (C=O) groups excluding carboxylic acids is 1. The molecule has 0 saturated heterocycles. The molecule has 1 amide bonds. The van der Waals surface area contributed by atoms with Gasteiger partial charge in [0.2, 0.25) is 5.91 Å². The Balaban J connectivity index is 4.09. The van der Waals surface area contributed by atoms with Gasteiger partial charge in [-0.05, 0) is 20.3 Å². The van der Waals surface area contributed by atoms with E-state index in [0.29, 0.717) is 6.54 Å². The lowest BCUT2D eigenvalue weighted by molar-refractivity contribution is -0.147. The number of carboxylic acid groups (broad SMARTS) is 1. The number of carboxylic acids is 1. The highest BCUT2D eigenvalue weighted by Gasteiger charge is 2.16. The monoisotopic (exact) mass is 217 g/mol. The summed E-state index contributed by atoms with van der Waals surface area (Å²) in [4.78, 5) is 23.3.